The normalized spacial score (nSPS) is 25.1. The summed E-state index contributed by atoms with van der Waals surface area (Å²) in [6.07, 6.45) is -3.42. The van der Waals surface area contributed by atoms with Crippen LogP contribution in [0, 0.1) is 5.92 Å². The first-order valence-corrected chi connectivity index (χ1v) is 6.65. The second-order valence-electron chi connectivity index (χ2n) is 5.28. The van der Waals surface area contributed by atoms with Gasteiger partial charge in [0.25, 0.3) is 0 Å². The average Bonchev–Trinajstić information content (AvgIpc) is 2.86. The van der Waals surface area contributed by atoms with Crippen LogP contribution < -0.4 is 0 Å². The molecule has 0 spiro atoms. The van der Waals surface area contributed by atoms with Crippen molar-refractivity contribution in [2.75, 3.05) is 19.6 Å². The number of carboxylic acid groups (broad SMARTS) is 1. The number of carbonyl (C=O) groups is 2. The van der Waals surface area contributed by atoms with E-state index in [1.165, 1.54) is 9.80 Å². The number of nitrogens with zero attached hydrogens (tertiary/aromatic N) is 2. The minimum atomic E-state index is -4.22. The second-order valence-corrected chi connectivity index (χ2v) is 5.28. The van der Waals surface area contributed by atoms with E-state index in [4.69, 9.17) is 5.11 Å². The third kappa shape index (κ3) is 2.99. The Labute approximate surface area is 114 Å². The predicted octanol–water partition coefficient (Wildman–Crippen LogP) is 1.93. The van der Waals surface area contributed by atoms with Crippen molar-refractivity contribution in [3.63, 3.8) is 0 Å². The van der Waals surface area contributed by atoms with E-state index >= 15 is 0 Å². The highest BCUT2D eigenvalue weighted by molar-refractivity contribution is 5.83. The molecule has 114 valence electrons. The highest BCUT2D eigenvalue weighted by atomic mass is 19.4. The van der Waals surface area contributed by atoms with Crippen LogP contribution in [0.1, 0.15) is 25.7 Å². The summed E-state index contributed by atoms with van der Waals surface area (Å²) in [6, 6.07) is -1.29. The van der Waals surface area contributed by atoms with Crippen LogP contribution in [0.5, 0.6) is 0 Å². The van der Waals surface area contributed by atoms with Crippen LogP contribution in [0.3, 0.4) is 0 Å². The van der Waals surface area contributed by atoms with Crippen molar-refractivity contribution in [2.24, 2.45) is 5.92 Å². The zero-order valence-corrected chi connectivity index (χ0v) is 10.9. The molecular weight excluding hydrogens is 277 g/mol. The maximum absolute atomic E-state index is 12.5. The molecule has 0 unspecified atom stereocenters. The van der Waals surface area contributed by atoms with Gasteiger partial charge in [-0.1, -0.05) is 0 Å². The van der Waals surface area contributed by atoms with Gasteiger partial charge in [0.15, 0.2) is 0 Å². The number of aliphatic carboxylic acids is 1. The number of hydrogen-bond donors (Lipinski definition) is 1. The van der Waals surface area contributed by atoms with E-state index in [1.807, 2.05) is 0 Å². The molecule has 0 aromatic heterocycles. The van der Waals surface area contributed by atoms with E-state index in [-0.39, 0.29) is 25.9 Å². The fourth-order valence-electron chi connectivity index (χ4n) is 2.83. The summed E-state index contributed by atoms with van der Waals surface area (Å²) in [5.41, 5.74) is 0. The van der Waals surface area contributed by atoms with Crippen LogP contribution in [0.2, 0.25) is 0 Å². The van der Waals surface area contributed by atoms with Gasteiger partial charge < -0.3 is 14.9 Å². The van der Waals surface area contributed by atoms with Crippen molar-refractivity contribution in [1.82, 2.24) is 9.80 Å². The molecular formula is C12H17F3N2O3. The number of likely N-dealkylation sites (tertiary alicyclic amines) is 2. The molecule has 0 bridgehead atoms. The van der Waals surface area contributed by atoms with Crippen LogP contribution in [0.15, 0.2) is 0 Å². The van der Waals surface area contributed by atoms with Gasteiger partial charge >= 0.3 is 18.2 Å². The Morgan fingerprint density at radius 2 is 1.65 bits per heavy atom. The third-order valence-corrected chi connectivity index (χ3v) is 4.01. The lowest BCUT2D eigenvalue weighted by Crippen LogP contribution is -2.51. The van der Waals surface area contributed by atoms with Gasteiger partial charge in [0, 0.05) is 19.6 Å². The Hall–Kier alpha value is -1.47. The molecule has 0 aliphatic carbocycles. The van der Waals surface area contributed by atoms with Crippen molar-refractivity contribution in [3.05, 3.63) is 0 Å². The highest BCUT2D eigenvalue weighted by Gasteiger charge is 2.43. The summed E-state index contributed by atoms with van der Waals surface area (Å²) in [4.78, 5) is 25.8. The summed E-state index contributed by atoms with van der Waals surface area (Å²) in [5, 5.41) is 9.02. The fraction of sp³-hybridized carbons (Fsp3) is 0.833. The lowest BCUT2D eigenvalue weighted by atomic mass is 9.96. The fourth-order valence-corrected chi connectivity index (χ4v) is 2.83. The second kappa shape index (κ2) is 5.49. The van der Waals surface area contributed by atoms with Crippen molar-refractivity contribution in [2.45, 2.75) is 37.9 Å². The van der Waals surface area contributed by atoms with E-state index in [9.17, 15) is 22.8 Å². The summed E-state index contributed by atoms with van der Waals surface area (Å²) in [5.74, 6) is -2.42. The molecule has 1 N–H and O–H groups in total. The van der Waals surface area contributed by atoms with Gasteiger partial charge in [-0.25, -0.2) is 9.59 Å². The van der Waals surface area contributed by atoms with E-state index in [1.54, 1.807) is 0 Å². The first kappa shape index (κ1) is 14.9. The SMILES string of the molecule is O=C(O)[C@@H]1CCCN1C(=O)N1CCC(C(F)(F)F)CC1. The van der Waals surface area contributed by atoms with Gasteiger partial charge in [-0.3, -0.25) is 0 Å². The minimum absolute atomic E-state index is 0.0336. The lowest BCUT2D eigenvalue weighted by molar-refractivity contribution is -0.183. The van der Waals surface area contributed by atoms with Gasteiger partial charge in [-0.2, -0.15) is 13.2 Å². The van der Waals surface area contributed by atoms with Gasteiger partial charge in [0.2, 0.25) is 0 Å². The van der Waals surface area contributed by atoms with E-state index in [2.05, 4.69) is 0 Å². The average molecular weight is 294 g/mol. The first-order chi connectivity index (χ1) is 9.30. The standard InChI is InChI=1S/C12H17F3N2O3/c13-12(14,15)8-3-6-16(7-4-8)11(20)17-5-1-2-9(17)10(18)19/h8-9H,1-7H2,(H,18,19)/t9-/m0/s1. The Bertz CT molecular complexity index is 392. The molecule has 2 rings (SSSR count). The number of carboxylic acids is 1. The Kier molecular flexibility index (Phi) is 4.10. The number of hydrogen-bond acceptors (Lipinski definition) is 2. The molecule has 0 radical (unpaired) electrons. The summed E-state index contributed by atoms with van der Waals surface area (Å²) in [6.45, 7) is 0.423. The van der Waals surface area contributed by atoms with Gasteiger partial charge in [0.1, 0.15) is 6.04 Å². The molecule has 2 saturated heterocycles. The molecule has 2 aliphatic rings. The zero-order valence-electron chi connectivity index (χ0n) is 10.9. The van der Waals surface area contributed by atoms with Gasteiger partial charge in [-0.15, -0.1) is 0 Å². The highest BCUT2D eigenvalue weighted by Crippen LogP contribution is 2.34. The molecule has 1 atom stereocenters. The number of carbonyl (C=O) groups excluding carboxylic acids is 1. The quantitative estimate of drug-likeness (QED) is 0.804. The molecule has 2 amide bonds. The Morgan fingerprint density at radius 1 is 1.05 bits per heavy atom. The summed E-state index contributed by atoms with van der Waals surface area (Å²) >= 11 is 0. The molecule has 5 nitrogen and oxygen atoms in total. The molecule has 2 heterocycles. The number of urea groups is 1. The van der Waals surface area contributed by atoms with Crippen molar-refractivity contribution >= 4 is 12.0 Å². The smallest absolute Gasteiger partial charge is 0.391 e. The minimum Gasteiger partial charge on any atom is -0.480 e. The van der Waals surface area contributed by atoms with Crippen LogP contribution in [-0.4, -0.2) is 58.8 Å². The molecule has 0 aromatic rings. The molecule has 0 saturated carbocycles. The Morgan fingerprint density at radius 3 is 2.15 bits per heavy atom. The molecule has 0 aromatic carbocycles. The maximum Gasteiger partial charge on any atom is 0.391 e. The number of halogens is 3. The first-order valence-electron chi connectivity index (χ1n) is 6.65. The number of rotatable bonds is 1. The largest absolute Gasteiger partial charge is 0.480 e. The van der Waals surface area contributed by atoms with Crippen molar-refractivity contribution in [3.8, 4) is 0 Å². The van der Waals surface area contributed by atoms with E-state index in [0.29, 0.717) is 19.4 Å². The maximum atomic E-state index is 12.5. The zero-order chi connectivity index (χ0) is 14.9. The lowest BCUT2D eigenvalue weighted by Gasteiger charge is -2.36. The molecule has 20 heavy (non-hydrogen) atoms. The Balaban J connectivity index is 1.93. The van der Waals surface area contributed by atoms with Gasteiger partial charge in [-0.05, 0) is 25.7 Å². The topological polar surface area (TPSA) is 60.9 Å². The van der Waals surface area contributed by atoms with E-state index in [0.717, 1.165) is 0 Å². The van der Waals surface area contributed by atoms with Crippen LogP contribution in [0.4, 0.5) is 18.0 Å². The van der Waals surface area contributed by atoms with Crippen LogP contribution >= 0.6 is 0 Å². The van der Waals surface area contributed by atoms with E-state index < -0.39 is 30.1 Å². The molecule has 2 fully saturated rings. The number of amides is 2. The van der Waals surface area contributed by atoms with Crippen molar-refractivity contribution < 1.29 is 27.9 Å². The third-order valence-electron chi connectivity index (χ3n) is 4.01. The summed E-state index contributed by atoms with van der Waals surface area (Å²) < 4.78 is 37.6. The summed E-state index contributed by atoms with van der Waals surface area (Å²) in [7, 11) is 0. The monoisotopic (exact) mass is 294 g/mol. The molecule has 2 aliphatic heterocycles. The predicted molar refractivity (Wildman–Crippen MR) is 63.1 cm³/mol. The number of piperidine rings is 1. The number of alkyl halides is 3. The van der Waals surface area contributed by atoms with Gasteiger partial charge in [0.05, 0.1) is 5.92 Å². The van der Waals surface area contributed by atoms with Crippen LogP contribution in [0.25, 0.3) is 0 Å². The molecule has 8 heteroatoms. The van der Waals surface area contributed by atoms with Crippen LogP contribution in [-0.2, 0) is 4.79 Å². The van der Waals surface area contributed by atoms with Crippen molar-refractivity contribution in [1.29, 1.82) is 0 Å².